The normalized spacial score (nSPS) is 11.5. The van der Waals surface area contributed by atoms with Crippen LogP contribution in [-0.4, -0.2) is 18.6 Å². The number of rotatable bonds is 6. The van der Waals surface area contributed by atoms with Gasteiger partial charge in [0.25, 0.3) is 0 Å². The van der Waals surface area contributed by atoms with Crippen molar-refractivity contribution in [3.63, 3.8) is 0 Å². The molecule has 0 spiro atoms. The maximum Gasteiger partial charge on any atom is 0.387 e. The van der Waals surface area contributed by atoms with Crippen molar-refractivity contribution in [2.24, 2.45) is 0 Å². The molecule has 7 heteroatoms. The largest absolute Gasteiger partial charge is 0.493 e. The molecule has 0 saturated carbocycles. The third kappa shape index (κ3) is 3.90. The van der Waals surface area contributed by atoms with Gasteiger partial charge in [-0.25, -0.2) is 0 Å². The van der Waals surface area contributed by atoms with Crippen molar-refractivity contribution in [1.82, 2.24) is 0 Å². The maximum absolute atomic E-state index is 12.4. The second-order valence-electron chi connectivity index (χ2n) is 3.50. The highest BCUT2D eigenvalue weighted by Crippen LogP contribution is 2.34. The molecule has 5 nitrogen and oxygen atoms in total. The van der Waals surface area contributed by atoms with E-state index in [0.29, 0.717) is 0 Å². The molecule has 104 valence electrons. The molecule has 0 aliphatic rings. The maximum atomic E-state index is 12.4. The summed E-state index contributed by atoms with van der Waals surface area (Å²) in [6.07, 6.45) is 1.36. The summed E-state index contributed by atoms with van der Waals surface area (Å²) in [4.78, 5) is 10.2. The lowest BCUT2D eigenvalue weighted by atomic mass is 10.1. The Morgan fingerprint density at radius 1 is 1.53 bits per heavy atom. The number of hydrogen-bond acceptors (Lipinski definition) is 4. The Bertz CT molecular complexity index is 489. The molecule has 0 N–H and O–H groups in total. The Hall–Kier alpha value is -2.18. The standard InChI is InChI=1S/C12H13F2NO4/c1-3-9(15(16)17)7-8-5-4-6-10(18-2)11(8)19-12(13)14/h4-7,12H,3H2,1-2H3/b9-7+. The number of alkyl halides is 2. The smallest absolute Gasteiger partial charge is 0.387 e. The minimum atomic E-state index is -3.04. The van der Waals surface area contributed by atoms with E-state index >= 15 is 0 Å². The van der Waals surface area contributed by atoms with Crippen LogP contribution in [0.2, 0.25) is 0 Å². The fourth-order valence-electron chi connectivity index (χ4n) is 1.49. The first kappa shape index (κ1) is 14.9. The highest BCUT2D eigenvalue weighted by atomic mass is 19.3. The highest BCUT2D eigenvalue weighted by molar-refractivity contribution is 5.63. The van der Waals surface area contributed by atoms with E-state index in [1.165, 1.54) is 31.4 Å². The van der Waals surface area contributed by atoms with Crippen LogP contribution < -0.4 is 9.47 Å². The predicted molar refractivity (Wildman–Crippen MR) is 64.9 cm³/mol. The minimum absolute atomic E-state index is 0.0906. The van der Waals surface area contributed by atoms with Gasteiger partial charge in [-0.2, -0.15) is 8.78 Å². The Balaban J connectivity index is 3.29. The number of para-hydroxylation sites is 1. The second-order valence-corrected chi connectivity index (χ2v) is 3.50. The number of halogens is 2. The summed E-state index contributed by atoms with van der Waals surface area (Å²) >= 11 is 0. The molecule has 1 rings (SSSR count). The molecule has 0 bridgehead atoms. The van der Waals surface area contributed by atoms with E-state index in [-0.39, 0.29) is 29.2 Å². The van der Waals surface area contributed by atoms with Gasteiger partial charge in [0.2, 0.25) is 5.70 Å². The summed E-state index contributed by atoms with van der Waals surface area (Å²) in [5.74, 6) is -0.124. The lowest BCUT2D eigenvalue weighted by Crippen LogP contribution is -2.05. The third-order valence-corrected chi connectivity index (χ3v) is 2.36. The average Bonchev–Trinajstić information content (AvgIpc) is 2.36. The zero-order chi connectivity index (χ0) is 14.4. The molecule has 0 aliphatic heterocycles. The van der Waals surface area contributed by atoms with Gasteiger partial charge in [0, 0.05) is 18.1 Å². The molecule has 0 unspecified atom stereocenters. The molecule has 0 fully saturated rings. The van der Waals surface area contributed by atoms with Gasteiger partial charge in [-0.1, -0.05) is 19.1 Å². The van der Waals surface area contributed by atoms with E-state index in [1.54, 1.807) is 6.92 Å². The molecule has 0 aromatic heterocycles. The van der Waals surface area contributed by atoms with Crippen LogP contribution in [0.3, 0.4) is 0 Å². The molecule has 0 radical (unpaired) electrons. The van der Waals surface area contributed by atoms with Crippen LogP contribution in [0.1, 0.15) is 18.9 Å². The summed E-state index contributed by atoms with van der Waals surface area (Å²) in [6, 6.07) is 4.42. The molecule has 0 aliphatic carbocycles. The molecule has 0 heterocycles. The first-order valence-electron chi connectivity index (χ1n) is 5.46. The molecule has 1 aromatic rings. The van der Waals surface area contributed by atoms with E-state index in [1.807, 2.05) is 0 Å². The van der Waals surface area contributed by atoms with Crippen molar-refractivity contribution in [2.45, 2.75) is 20.0 Å². The predicted octanol–water partition coefficient (Wildman–Crippen LogP) is 3.32. The van der Waals surface area contributed by atoms with Crippen molar-refractivity contribution < 1.29 is 23.2 Å². The van der Waals surface area contributed by atoms with Gasteiger partial charge >= 0.3 is 6.61 Å². The number of allylic oxidation sites excluding steroid dienone is 1. The van der Waals surface area contributed by atoms with E-state index in [0.717, 1.165) is 0 Å². The van der Waals surface area contributed by atoms with Crippen LogP contribution in [0.5, 0.6) is 11.5 Å². The lowest BCUT2D eigenvalue weighted by molar-refractivity contribution is -0.425. The number of methoxy groups -OCH3 is 1. The number of hydrogen-bond donors (Lipinski definition) is 0. The van der Waals surface area contributed by atoms with Gasteiger partial charge in [0.05, 0.1) is 12.0 Å². The number of benzene rings is 1. The van der Waals surface area contributed by atoms with Crippen LogP contribution in [0.25, 0.3) is 6.08 Å². The first-order chi connectivity index (χ1) is 8.99. The molecular weight excluding hydrogens is 260 g/mol. The summed E-state index contributed by atoms with van der Waals surface area (Å²) in [5, 5.41) is 10.7. The Morgan fingerprint density at radius 3 is 2.68 bits per heavy atom. The molecule has 0 amide bonds. The van der Waals surface area contributed by atoms with E-state index in [2.05, 4.69) is 4.74 Å². The van der Waals surface area contributed by atoms with Gasteiger partial charge in [-0.15, -0.1) is 0 Å². The van der Waals surface area contributed by atoms with Crippen molar-refractivity contribution in [3.8, 4) is 11.5 Å². The monoisotopic (exact) mass is 273 g/mol. The van der Waals surface area contributed by atoms with Crippen LogP contribution in [-0.2, 0) is 0 Å². The Kier molecular flexibility index (Phi) is 5.23. The molecule has 0 saturated heterocycles. The van der Waals surface area contributed by atoms with Crippen molar-refractivity contribution in [3.05, 3.63) is 39.6 Å². The Morgan fingerprint density at radius 2 is 2.21 bits per heavy atom. The van der Waals surface area contributed by atoms with Gasteiger partial charge in [0.1, 0.15) is 0 Å². The SMILES string of the molecule is CC/C(=C\c1cccc(OC)c1OC(F)F)[N+](=O)[O-]. The quantitative estimate of drug-likeness (QED) is 0.589. The summed E-state index contributed by atoms with van der Waals surface area (Å²) in [5.41, 5.74) is 0.0700. The van der Waals surface area contributed by atoms with Gasteiger partial charge in [0.15, 0.2) is 11.5 Å². The van der Waals surface area contributed by atoms with E-state index in [9.17, 15) is 18.9 Å². The molecule has 1 aromatic carbocycles. The fraction of sp³-hybridized carbons (Fsp3) is 0.333. The third-order valence-electron chi connectivity index (χ3n) is 2.36. The highest BCUT2D eigenvalue weighted by Gasteiger charge is 2.16. The lowest BCUT2D eigenvalue weighted by Gasteiger charge is -2.12. The molecule has 0 atom stereocenters. The van der Waals surface area contributed by atoms with Crippen molar-refractivity contribution in [2.75, 3.05) is 7.11 Å². The van der Waals surface area contributed by atoms with Gasteiger partial charge in [-0.3, -0.25) is 10.1 Å². The summed E-state index contributed by atoms with van der Waals surface area (Å²) in [6.45, 7) is -1.44. The molecular formula is C12H13F2NO4. The topological polar surface area (TPSA) is 61.6 Å². The fourth-order valence-corrected chi connectivity index (χ4v) is 1.49. The zero-order valence-corrected chi connectivity index (χ0v) is 10.4. The summed E-state index contributed by atoms with van der Waals surface area (Å²) < 4.78 is 34.0. The molecule has 19 heavy (non-hydrogen) atoms. The van der Waals surface area contributed by atoms with Gasteiger partial charge in [-0.05, 0) is 6.07 Å². The zero-order valence-electron chi connectivity index (χ0n) is 10.4. The van der Waals surface area contributed by atoms with Crippen LogP contribution in [0.4, 0.5) is 8.78 Å². The number of nitrogens with zero attached hydrogens (tertiary/aromatic N) is 1. The summed E-state index contributed by atoms with van der Waals surface area (Å²) in [7, 11) is 1.30. The van der Waals surface area contributed by atoms with Crippen molar-refractivity contribution >= 4 is 6.08 Å². The average molecular weight is 273 g/mol. The number of nitro groups is 1. The van der Waals surface area contributed by atoms with Gasteiger partial charge < -0.3 is 9.47 Å². The van der Waals surface area contributed by atoms with Crippen molar-refractivity contribution in [1.29, 1.82) is 0 Å². The minimum Gasteiger partial charge on any atom is -0.493 e. The van der Waals surface area contributed by atoms with E-state index < -0.39 is 11.5 Å². The van der Waals surface area contributed by atoms with Crippen LogP contribution in [0, 0.1) is 10.1 Å². The first-order valence-corrected chi connectivity index (χ1v) is 5.46. The van der Waals surface area contributed by atoms with E-state index in [4.69, 9.17) is 4.74 Å². The van der Waals surface area contributed by atoms with Crippen LogP contribution >= 0.6 is 0 Å². The number of ether oxygens (including phenoxy) is 2. The second kappa shape index (κ2) is 6.67. The van der Waals surface area contributed by atoms with Crippen LogP contribution in [0.15, 0.2) is 23.9 Å². The Labute approximate surface area is 108 Å².